The molecule has 19 heavy (non-hydrogen) atoms. The van der Waals surface area contributed by atoms with Gasteiger partial charge in [0.15, 0.2) is 0 Å². The van der Waals surface area contributed by atoms with Crippen LogP contribution >= 0.6 is 0 Å². The Hall–Kier alpha value is -0.120. The SMILES string of the molecule is CCC1(CC)CN(C(C)CCOC)C(C(C)C)CN1. The Morgan fingerprint density at radius 1 is 1.26 bits per heavy atom. The van der Waals surface area contributed by atoms with Crippen molar-refractivity contribution in [1.82, 2.24) is 10.2 Å². The van der Waals surface area contributed by atoms with E-state index in [2.05, 4.69) is 44.8 Å². The van der Waals surface area contributed by atoms with Gasteiger partial charge in [-0.1, -0.05) is 27.7 Å². The maximum absolute atomic E-state index is 5.26. The van der Waals surface area contributed by atoms with Crippen molar-refractivity contribution in [3.8, 4) is 0 Å². The van der Waals surface area contributed by atoms with Gasteiger partial charge in [-0.05, 0) is 32.1 Å². The number of rotatable bonds is 7. The molecule has 1 aliphatic rings. The van der Waals surface area contributed by atoms with Crippen molar-refractivity contribution in [2.24, 2.45) is 5.92 Å². The highest BCUT2D eigenvalue weighted by molar-refractivity contribution is 4.98. The molecule has 1 fully saturated rings. The fourth-order valence-corrected chi connectivity index (χ4v) is 3.24. The average molecular weight is 270 g/mol. The molecule has 1 heterocycles. The summed E-state index contributed by atoms with van der Waals surface area (Å²) in [4.78, 5) is 2.73. The number of hydrogen-bond acceptors (Lipinski definition) is 3. The quantitative estimate of drug-likeness (QED) is 0.770. The zero-order chi connectivity index (χ0) is 14.5. The lowest BCUT2D eigenvalue weighted by Gasteiger charge is -2.51. The van der Waals surface area contributed by atoms with Gasteiger partial charge in [-0.3, -0.25) is 4.90 Å². The van der Waals surface area contributed by atoms with Gasteiger partial charge in [-0.25, -0.2) is 0 Å². The molecule has 114 valence electrons. The first-order valence-electron chi connectivity index (χ1n) is 7.99. The summed E-state index contributed by atoms with van der Waals surface area (Å²) in [5.74, 6) is 0.698. The summed E-state index contributed by atoms with van der Waals surface area (Å²) in [7, 11) is 1.80. The smallest absolute Gasteiger partial charge is 0.0477 e. The lowest BCUT2D eigenvalue weighted by molar-refractivity contribution is 0.0122. The first-order valence-corrected chi connectivity index (χ1v) is 7.99. The van der Waals surface area contributed by atoms with Crippen LogP contribution in [0.15, 0.2) is 0 Å². The van der Waals surface area contributed by atoms with Crippen LogP contribution in [0.25, 0.3) is 0 Å². The second-order valence-electron chi connectivity index (χ2n) is 6.48. The summed E-state index contributed by atoms with van der Waals surface area (Å²) < 4.78 is 5.26. The van der Waals surface area contributed by atoms with E-state index in [4.69, 9.17) is 4.74 Å². The van der Waals surface area contributed by atoms with Crippen LogP contribution in [0, 0.1) is 5.92 Å². The Kier molecular flexibility index (Phi) is 6.78. The van der Waals surface area contributed by atoms with Crippen molar-refractivity contribution >= 4 is 0 Å². The topological polar surface area (TPSA) is 24.5 Å². The van der Waals surface area contributed by atoms with E-state index in [1.165, 1.54) is 19.4 Å². The zero-order valence-corrected chi connectivity index (χ0v) is 13.8. The summed E-state index contributed by atoms with van der Waals surface area (Å²) in [5.41, 5.74) is 0.312. The minimum atomic E-state index is 0.312. The molecule has 0 bridgehead atoms. The first kappa shape index (κ1) is 16.9. The van der Waals surface area contributed by atoms with Crippen LogP contribution in [0.4, 0.5) is 0 Å². The van der Waals surface area contributed by atoms with E-state index in [1.807, 2.05) is 0 Å². The summed E-state index contributed by atoms with van der Waals surface area (Å²) in [6.07, 6.45) is 3.55. The maximum Gasteiger partial charge on any atom is 0.0477 e. The zero-order valence-electron chi connectivity index (χ0n) is 13.8. The number of nitrogens with zero attached hydrogens (tertiary/aromatic N) is 1. The Balaban J connectivity index is 2.78. The molecule has 1 saturated heterocycles. The highest BCUT2D eigenvalue weighted by Crippen LogP contribution is 2.27. The molecule has 1 rings (SSSR count). The lowest BCUT2D eigenvalue weighted by Crippen LogP contribution is -2.66. The molecule has 0 aromatic rings. The van der Waals surface area contributed by atoms with Gasteiger partial charge in [0.05, 0.1) is 0 Å². The third-order valence-electron chi connectivity index (χ3n) is 5.03. The second kappa shape index (κ2) is 7.61. The molecular formula is C16H34N2O. The molecule has 2 atom stereocenters. The van der Waals surface area contributed by atoms with E-state index in [9.17, 15) is 0 Å². The third-order valence-corrected chi connectivity index (χ3v) is 5.03. The van der Waals surface area contributed by atoms with Crippen LogP contribution in [-0.4, -0.2) is 49.3 Å². The first-order chi connectivity index (χ1) is 8.99. The van der Waals surface area contributed by atoms with E-state index < -0.39 is 0 Å². The van der Waals surface area contributed by atoms with Gasteiger partial charge < -0.3 is 10.1 Å². The van der Waals surface area contributed by atoms with E-state index >= 15 is 0 Å². The molecule has 0 aromatic heterocycles. The van der Waals surface area contributed by atoms with Gasteiger partial charge >= 0.3 is 0 Å². The molecule has 0 spiro atoms. The normalized spacial score (nSPS) is 25.7. The van der Waals surface area contributed by atoms with Gasteiger partial charge in [0, 0.05) is 44.4 Å². The fourth-order valence-electron chi connectivity index (χ4n) is 3.24. The molecule has 1 aliphatic heterocycles. The third kappa shape index (κ3) is 4.17. The van der Waals surface area contributed by atoms with Gasteiger partial charge in [0.2, 0.25) is 0 Å². The minimum Gasteiger partial charge on any atom is -0.385 e. The van der Waals surface area contributed by atoms with Gasteiger partial charge in [0.25, 0.3) is 0 Å². The van der Waals surface area contributed by atoms with Crippen molar-refractivity contribution in [3.63, 3.8) is 0 Å². The van der Waals surface area contributed by atoms with Crippen LogP contribution in [0.1, 0.15) is 53.9 Å². The number of ether oxygens (including phenoxy) is 1. The minimum absolute atomic E-state index is 0.312. The molecule has 0 aliphatic carbocycles. The number of methoxy groups -OCH3 is 1. The number of nitrogens with one attached hydrogen (secondary N) is 1. The van der Waals surface area contributed by atoms with E-state index in [-0.39, 0.29) is 0 Å². The van der Waals surface area contributed by atoms with Crippen molar-refractivity contribution in [3.05, 3.63) is 0 Å². The predicted molar refractivity (Wildman–Crippen MR) is 82.6 cm³/mol. The Labute approximate surface area is 120 Å². The highest BCUT2D eigenvalue weighted by Gasteiger charge is 2.39. The summed E-state index contributed by atoms with van der Waals surface area (Å²) in [6, 6.07) is 1.25. The molecule has 2 unspecified atom stereocenters. The predicted octanol–water partition coefficient (Wildman–Crippen LogP) is 2.90. The van der Waals surface area contributed by atoms with Crippen LogP contribution in [0.3, 0.4) is 0 Å². The molecular weight excluding hydrogens is 236 g/mol. The number of piperazine rings is 1. The Morgan fingerprint density at radius 3 is 2.37 bits per heavy atom. The van der Waals surface area contributed by atoms with E-state index in [1.54, 1.807) is 7.11 Å². The van der Waals surface area contributed by atoms with Crippen molar-refractivity contribution < 1.29 is 4.74 Å². The largest absolute Gasteiger partial charge is 0.385 e. The van der Waals surface area contributed by atoms with Gasteiger partial charge in [-0.2, -0.15) is 0 Å². The molecule has 0 aromatic carbocycles. The Bertz CT molecular complexity index is 251. The molecule has 3 nitrogen and oxygen atoms in total. The molecule has 3 heteroatoms. The summed E-state index contributed by atoms with van der Waals surface area (Å²) in [5, 5.41) is 3.83. The summed E-state index contributed by atoms with van der Waals surface area (Å²) >= 11 is 0. The van der Waals surface area contributed by atoms with Crippen molar-refractivity contribution in [2.45, 2.75) is 71.5 Å². The van der Waals surface area contributed by atoms with Gasteiger partial charge in [-0.15, -0.1) is 0 Å². The van der Waals surface area contributed by atoms with Crippen LogP contribution < -0.4 is 5.32 Å². The molecule has 0 amide bonds. The van der Waals surface area contributed by atoms with Crippen LogP contribution in [0.5, 0.6) is 0 Å². The monoisotopic (exact) mass is 270 g/mol. The maximum atomic E-state index is 5.26. The molecule has 1 N–H and O–H groups in total. The van der Waals surface area contributed by atoms with Crippen molar-refractivity contribution in [2.75, 3.05) is 26.8 Å². The van der Waals surface area contributed by atoms with Gasteiger partial charge in [0.1, 0.15) is 0 Å². The Morgan fingerprint density at radius 2 is 1.89 bits per heavy atom. The summed E-state index contributed by atoms with van der Waals surface area (Å²) in [6.45, 7) is 14.8. The lowest BCUT2D eigenvalue weighted by atomic mass is 9.85. The van der Waals surface area contributed by atoms with Crippen molar-refractivity contribution in [1.29, 1.82) is 0 Å². The molecule has 0 radical (unpaired) electrons. The van der Waals surface area contributed by atoms with Crippen LogP contribution in [-0.2, 0) is 4.74 Å². The second-order valence-corrected chi connectivity index (χ2v) is 6.48. The van der Waals surface area contributed by atoms with E-state index in [0.29, 0.717) is 23.5 Å². The van der Waals surface area contributed by atoms with Crippen LogP contribution in [0.2, 0.25) is 0 Å². The number of hydrogen-bond donors (Lipinski definition) is 1. The fraction of sp³-hybridized carbons (Fsp3) is 1.00. The standard InChI is InChI=1S/C16H34N2O/c1-7-16(8-2)12-18(14(5)9-10-19-6)15(11-17-16)13(3)4/h13-15,17H,7-12H2,1-6H3. The van der Waals surface area contributed by atoms with E-state index in [0.717, 1.165) is 19.6 Å². The highest BCUT2D eigenvalue weighted by atomic mass is 16.5. The molecule has 0 saturated carbocycles. The average Bonchev–Trinajstić information content (AvgIpc) is 2.43.